The van der Waals surface area contributed by atoms with Gasteiger partial charge in [0.2, 0.25) is 5.91 Å². The van der Waals surface area contributed by atoms with E-state index in [-0.39, 0.29) is 11.8 Å². The molecule has 0 aliphatic carbocycles. The van der Waals surface area contributed by atoms with Gasteiger partial charge in [-0.1, -0.05) is 12.1 Å². The van der Waals surface area contributed by atoms with Gasteiger partial charge in [-0.05, 0) is 36.4 Å². The molecule has 0 aromatic heterocycles. The molecular weight excluding hydrogens is 242 g/mol. The Morgan fingerprint density at radius 1 is 1.42 bits per heavy atom. The van der Waals surface area contributed by atoms with Gasteiger partial charge in [0.1, 0.15) is 0 Å². The van der Waals surface area contributed by atoms with E-state index in [9.17, 15) is 4.79 Å². The summed E-state index contributed by atoms with van der Waals surface area (Å²) in [6, 6.07) is 7.12. The van der Waals surface area contributed by atoms with E-state index in [4.69, 9.17) is 15.9 Å². The number of anilines is 1. The maximum Gasteiger partial charge on any atom is 0.229 e. The van der Waals surface area contributed by atoms with Gasteiger partial charge in [0.15, 0.2) is 0 Å². The number of allylic oxidation sites excluding steroid dienone is 1. The molecule has 1 amide bonds. The lowest BCUT2D eigenvalue weighted by atomic mass is 10.1. The largest absolute Gasteiger partial charge is 0.405 e. The molecule has 0 saturated carbocycles. The Morgan fingerprint density at radius 3 is 2.74 bits per heavy atom. The van der Waals surface area contributed by atoms with Gasteiger partial charge in [0, 0.05) is 12.3 Å². The van der Waals surface area contributed by atoms with Crippen molar-refractivity contribution in [1.82, 2.24) is 0 Å². The van der Waals surface area contributed by atoms with Gasteiger partial charge < -0.3 is 21.2 Å². The highest BCUT2D eigenvalue weighted by atomic mass is 16.5. The first-order valence-electron chi connectivity index (χ1n) is 6.16. The molecule has 1 heterocycles. The Hall–Kier alpha value is -2.14. The van der Waals surface area contributed by atoms with Crippen LogP contribution in [0.5, 0.6) is 0 Å². The molecule has 1 aromatic carbocycles. The van der Waals surface area contributed by atoms with Crippen molar-refractivity contribution < 1.29 is 9.53 Å². The Labute approximate surface area is 112 Å². The van der Waals surface area contributed by atoms with Crippen LogP contribution in [0.2, 0.25) is 0 Å². The van der Waals surface area contributed by atoms with E-state index < -0.39 is 0 Å². The normalized spacial score (nSPS) is 18.6. The van der Waals surface area contributed by atoms with Crippen molar-refractivity contribution in [1.29, 1.82) is 5.41 Å². The highest BCUT2D eigenvalue weighted by molar-refractivity contribution is 6.06. The average molecular weight is 259 g/mol. The van der Waals surface area contributed by atoms with Crippen LogP contribution in [0, 0.1) is 11.3 Å². The first-order valence-corrected chi connectivity index (χ1v) is 6.16. The quantitative estimate of drug-likeness (QED) is 0.716. The first kappa shape index (κ1) is 13.3. The summed E-state index contributed by atoms with van der Waals surface area (Å²) in [5.74, 6) is -0.0691. The van der Waals surface area contributed by atoms with Gasteiger partial charge in [-0.3, -0.25) is 4.79 Å². The zero-order chi connectivity index (χ0) is 13.7. The number of hydrogen-bond donors (Lipinski definition) is 3. The first-order chi connectivity index (χ1) is 9.20. The molecule has 5 nitrogen and oxygen atoms in total. The van der Waals surface area contributed by atoms with Crippen molar-refractivity contribution in [2.75, 3.05) is 18.5 Å². The highest BCUT2D eigenvalue weighted by Crippen LogP contribution is 2.16. The van der Waals surface area contributed by atoms with Crippen molar-refractivity contribution in [2.24, 2.45) is 11.7 Å². The van der Waals surface area contributed by atoms with Crippen LogP contribution in [0.3, 0.4) is 0 Å². The number of hydrogen-bond acceptors (Lipinski definition) is 4. The van der Waals surface area contributed by atoms with Crippen LogP contribution in [0.1, 0.15) is 12.0 Å². The van der Waals surface area contributed by atoms with E-state index in [0.717, 1.165) is 17.7 Å². The summed E-state index contributed by atoms with van der Waals surface area (Å²) in [6.07, 6.45) is 3.62. The monoisotopic (exact) mass is 259 g/mol. The second kappa shape index (κ2) is 6.15. The number of nitrogens with two attached hydrogens (primary N) is 1. The van der Waals surface area contributed by atoms with Gasteiger partial charge in [-0.2, -0.15) is 0 Å². The fraction of sp³-hybridized carbons (Fsp3) is 0.286. The maximum absolute atomic E-state index is 11.9. The summed E-state index contributed by atoms with van der Waals surface area (Å²) in [5.41, 5.74) is 7.06. The van der Waals surface area contributed by atoms with E-state index >= 15 is 0 Å². The molecule has 1 aromatic rings. The van der Waals surface area contributed by atoms with Crippen molar-refractivity contribution in [2.45, 2.75) is 6.42 Å². The minimum atomic E-state index is -0.0573. The summed E-state index contributed by atoms with van der Waals surface area (Å²) in [6.45, 7) is 1.15. The van der Waals surface area contributed by atoms with Gasteiger partial charge >= 0.3 is 0 Å². The fourth-order valence-electron chi connectivity index (χ4n) is 1.91. The summed E-state index contributed by atoms with van der Waals surface area (Å²) in [7, 11) is 0. The number of rotatable bonds is 4. The van der Waals surface area contributed by atoms with Gasteiger partial charge in [-0.25, -0.2) is 0 Å². The molecule has 1 atom stereocenters. The third kappa shape index (κ3) is 3.42. The average Bonchev–Trinajstić information content (AvgIpc) is 2.94. The third-order valence-electron chi connectivity index (χ3n) is 3.03. The van der Waals surface area contributed by atoms with Crippen molar-refractivity contribution in [3.8, 4) is 0 Å². The molecule has 4 N–H and O–H groups in total. The molecule has 0 radical (unpaired) electrons. The molecule has 0 bridgehead atoms. The second-order valence-electron chi connectivity index (χ2n) is 4.40. The van der Waals surface area contributed by atoms with Crippen LogP contribution in [-0.4, -0.2) is 24.8 Å². The summed E-state index contributed by atoms with van der Waals surface area (Å²) in [4.78, 5) is 11.9. The number of ether oxygens (including phenoxy) is 1. The minimum Gasteiger partial charge on any atom is -0.405 e. The minimum absolute atomic E-state index is 0.0119. The lowest BCUT2D eigenvalue weighted by molar-refractivity contribution is -0.119. The van der Waals surface area contributed by atoms with Crippen molar-refractivity contribution in [3.05, 3.63) is 42.1 Å². The molecule has 1 saturated heterocycles. The molecular formula is C14H17N3O2. The SMILES string of the molecule is N=C(C=CN)c1ccc(NC(=O)C2CCOC2)cc1. The second-order valence-corrected chi connectivity index (χ2v) is 4.40. The number of carbonyl (C=O) groups is 1. The Balaban J connectivity index is 1.98. The lowest BCUT2D eigenvalue weighted by Gasteiger charge is -2.09. The zero-order valence-electron chi connectivity index (χ0n) is 10.6. The van der Waals surface area contributed by atoms with Crippen LogP contribution >= 0.6 is 0 Å². The van der Waals surface area contributed by atoms with Gasteiger partial charge in [-0.15, -0.1) is 0 Å². The molecule has 0 spiro atoms. The molecule has 5 heteroatoms. The third-order valence-corrected chi connectivity index (χ3v) is 3.03. The summed E-state index contributed by atoms with van der Waals surface area (Å²) >= 11 is 0. The predicted molar refractivity (Wildman–Crippen MR) is 74.2 cm³/mol. The van der Waals surface area contributed by atoms with Crippen LogP contribution in [0.25, 0.3) is 0 Å². The topological polar surface area (TPSA) is 88.2 Å². The van der Waals surface area contributed by atoms with Gasteiger partial charge in [0.25, 0.3) is 0 Å². The van der Waals surface area contributed by atoms with Crippen LogP contribution in [-0.2, 0) is 9.53 Å². The van der Waals surface area contributed by atoms with E-state index in [1.54, 1.807) is 24.3 Å². The van der Waals surface area contributed by atoms with Gasteiger partial charge in [0.05, 0.1) is 18.2 Å². The van der Waals surface area contributed by atoms with Crippen molar-refractivity contribution in [3.63, 3.8) is 0 Å². The standard InChI is InChI=1S/C14H17N3O2/c15-7-5-13(16)10-1-3-12(4-2-10)17-14(18)11-6-8-19-9-11/h1-5,7,11,16H,6,8-9,15H2,(H,17,18). The number of benzene rings is 1. The molecule has 1 fully saturated rings. The maximum atomic E-state index is 11.9. The molecule has 1 unspecified atom stereocenters. The molecule has 19 heavy (non-hydrogen) atoms. The van der Waals surface area contributed by atoms with Crippen molar-refractivity contribution >= 4 is 17.3 Å². The van der Waals surface area contributed by atoms with E-state index in [1.807, 2.05) is 0 Å². The van der Waals surface area contributed by atoms with E-state index in [1.165, 1.54) is 12.3 Å². The molecule has 1 aliphatic heterocycles. The molecule has 100 valence electrons. The summed E-state index contributed by atoms with van der Waals surface area (Å²) < 4.78 is 5.18. The summed E-state index contributed by atoms with van der Waals surface area (Å²) in [5, 5.41) is 10.6. The zero-order valence-corrected chi connectivity index (χ0v) is 10.6. The number of nitrogens with one attached hydrogen (secondary N) is 2. The Bertz CT molecular complexity index is 488. The molecule has 2 rings (SSSR count). The smallest absolute Gasteiger partial charge is 0.229 e. The van der Waals surface area contributed by atoms with E-state index in [2.05, 4.69) is 5.32 Å². The Kier molecular flexibility index (Phi) is 4.30. The number of carbonyl (C=O) groups excluding carboxylic acids is 1. The van der Waals surface area contributed by atoms with Crippen LogP contribution in [0.4, 0.5) is 5.69 Å². The highest BCUT2D eigenvalue weighted by Gasteiger charge is 2.23. The number of amides is 1. The lowest BCUT2D eigenvalue weighted by Crippen LogP contribution is -2.22. The molecule has 1 aliphatic rings. The van der Waals surface area contributed by atoms with Crippen LogP contribution in [0.15, 0.2) is 36.5 Å². The van der Waals surface area contributed by atoms with E-state index in [0.29, 0.717) is 18.9 Å². The van der Waals surface area contributed by atoms with Crippen LogP contribution < -0.4 is 11.1 Å². The predicted octanol–water partition coefficient (Wildman–Crippen LogP) is 1.50. The fourth-order valence-corrected chi connectivity index (χ4v) is 1.91. The Morgan fingerprint density at radius 2 is 2.16 bits per heavy atom.